The number of anilines is 1. The molecule has 1 aromatic rings. The third-order valence-electron chi connectivity index (χ3n) is 3.93. The molecule has 1 aromatic carbocycles. The van der Waals surface area contributed by atoms with E-state index in [1.807, 2.05) is 30.0 Å². The lowest BCUT2D eigenvalue weighted by Crippen LogP contribution is -2.34. The Labute approximate surface area is 120 Å². The Balaban J connectivity index is 2.34. The normalized spacial score (nSPS) is 22.3. The molecule has 4 nitrogen and oxygen atoms in total. The zero-order valence-corrected chi connectivity index (χ0v) is 12.3. The van der Waals surface area contributed by atoms with Crippen molar-refractivity contribution in [2.45, 2.75) is 19.8 Å². The Morgan fingerprint density at radius 3 is 2.89 bits per heavy atom. The summed E-state index contributed by atoms with van der Waals surface area (Å²) in [5.41, 5.74) is 0.697. The maximum Gasteiger partial charge on any atom is 0.311 e. The van der Waals surface area contributed by atoms with Gasteiger partial charge in [-0.25, -0.2) is 0 Å². The quantitative estimate of drug-likeness (QED) is 0.929. The molecule has 0 spiro atoms. The number of benzene rings is 1. The molecule has 1 saturated heterocycles. The van der Waals surface area contributed by atoms with Gasteiger partial charge in [0.1, 0.15) is 6.07 Å². The van der Waals surface area contributed by atoms with E-state index in [1.165, 1.54) is 0 Å². The number of aliphatic carboxylic acids is 1. The first-order chi connectivity index (χ1) is 9.04. The predicted molar refractivity (Wildman–Crippen MR) is 76.0 cm³/mol. The van der Waals surface area contributed by atoms with Crippen molar-refractivity contribution < 1.29 is 9.90 Å². The Morgan fingerprint density at radius 1 is 1.63 bits per heavy atom. The highest BCUT2D eigenvalue weighted by Gasteiger charge is 2.43. The van der Waals surface area contributed by atoms with Gasteiger partial charge < -0.3 is 10.0 Å². The van der Waals surface area contributed by atoms with Gasteiger partial charge in [-0.2, -0.15) is 5.26 Å². The van der Waals surface area contributed by atoms with Crippen LogP contribution in [0.25, 0.3) is 0 Å². The summed E-state index contributed by atoms with van der Waals surface area (Å²) in [5.74, 6) is -0.744. The van der Waals surface area contributed by atoms with Gasteiger partial charge in [0, 0.05) is 17.6 Å². The molecule has 0 bridgehead atoms. The second-order valence-corrected chi connectivity index (χ2v) is 5.71. The second-order valence-electron chi connectivity index (χ2n) is 4.86. The van der Waals surface area contributed by atoms with Crippen LogP contribution in [0.4, 0.5) is 5.69 Å². The van der Waals surface area contributed by atoms with Gasteiger partial charge in [-0.05, 0) is 40.9 Å². The molecule has 1 N–H and O–H groups in total. The van der Waals surface area contributed by atoms with Gasteiger partial charge in [0.15, 0.2) is 0 Å². The van der Waals surface area contributed by atoms with Crippen molar-refractivity contribution in [2.75, 3.05) is 18.0 Å². The monoisotopic (exact) mass is 322 g/mol. The Bertz CT molecular complexity index is 553. The molecule has 0 amide bonds. The Hall–Kier alpha value is -1.54. The minimum atomic E-state index is -0.744. The number of rotatable bonds is 3. The summed E-state index contributed by atoms with van der Waals surface area (Å²) in [5, 5.41) is 18.6. The van der Waals surface area contributed by atoms with Gasteiger partial charge in [0.05, 0.1) is 16.7 Å². The summed E-state index contributed by atoms with van der Waals surface area (Å²) in [6, 6.07) is 7.74. The number of carboxylic acid groups (broad SMARTS) is 1. The van der Waals surface area contributed by atoms with E-state index >= 15 is 0 Å². The lowest BCUT2D eigenvalue weighted by atomic mass is 9.84. The molecule has 0 radical (unpaired) electrons. The highest BCUT2D eigenvalue weighted by atomic mass is 79.9. The molecule has 1 heterocycles. The third kappa shape index (κ3) is 2.33. The maximum absolute atomic E-state index is 11.5. The highest BCUT2D eigenvalue weighted by molar-refractivity contribution is 9.10. The lowest BCUT2D eigenvalue weighted by molar-refractivity contribution is -0.147. The molecule has 1 atom stereocenters. The van der Waals surface area contributed by atoms with Crippen LogP contribution < -0.4 is 4.90 Å². The zero-order valence-electron chi connectivity index (χ0n) is 10.7. The standard InChI is InChI=1S/C14H15BrN2O2/c1-2-14(13(18)19)6-7-17(9-14)12-5-3-4-11(15)10(12)8-16/h3-5H,2,6-7,9H2,1H3,(H,18,19). The number of nitriles is 1. The van der Waals surface area contributed by atoms with Crippen molar-refractivity contribution in [3.63, 3.8) is 0 Å². The summed E-state index contributed by atoms with van der Waals surface area (Å²) in [7, 11) is 0. The summed E-state index contributed by atoms with van der Waals surface area (Å²) in [6.07, 6.45) is 1.23. The fourth-order valence-electron chi connectivity index (χ4n) is 2.58. The van der Waals surface area contributed by atoms with Gasteiger partial charge in [-0.1, -0.05) is 13.0 Å². The number of carbonyl (C=O) groups is 1. The number of hydrogen-bond acceptors (Lipinski definition) is 3. The molecule has 100 valence electrons. The van der Waals surface area contributed by atoms with E-state index < -0.39 is 11.4 Å². The Kier molecular flexibility index (Phi) is 3.81. The molecule has 0 aromatic heterocycles. The van der Waals surface area contributed by atoms with Gasteiger partial charge in [-0.15, -0.1) is 0 Å². The summed E-state index contributed by atoms with van der Waals surface area (Å²) in [6.45, 7) is 3.04. The molecular weight excluding hydrogens is 308 g/mol. The predicted octanol–water partition coefficient (Wildman–Crippen LogP) is 3.01. The topological polar surface area (TPSA) is 64.3 Å². The van der Waals surface area contributed by atoms with Gasteiger partial charge in [0.2, 0.25) is 0 Å². The van der Waals surface area contributed by atoms with E-state index in [1.54, 1.807) is 0 Å². The average Bonchev–Trinajstić information content (AvgIpc) is 2.84. The number of nitrogens with zero attached hydrogens (tertiary/aromatic N) is 2. The van der Waals surface area contributed by atoms with E-state index in [-0.39, 0.29) is 0 Å². The van der Waals surface area contributed by atoms with Crippen LogP contribution in [0, 0.1) is 16.7 Å². The molecule has 19 heavy (non-hydrogen) atoms. The smallest absolute Gasteiger partial charge is 0.311 e. The first kappa shape index (κ1) is 13.9. The fourth-order valence-corrected chi connectivity index (χ4v) is 3.02. The van der Waals surface area contributed by atoms with E-state index in [9.17, 15) is 15.2 Å². The van der Waals surface area contributed by atoms with E-state index in [2.05, 4.69) is 22.0 Å². The second kappa shape index (κ2) is 5.22. The van der Waals surface area contributed by atoms with E-state index in [0.717, 1.165) is 10.2 Å². The van der Waals surface area contributed by atoms with Crippen molar-refractivity contribution >= 4 is 27.6 Å². The van der Waals surface area contributed by atoms with Gasteiger partial charge in [0.25, 0.3) is 0 Å². The highest BCUT2D eigenvalue weighted by Crippen LogP contribution is 2.38. The van der Waals surface area contributed by atoms with Gasteiger partial charge in [-0.3, -0.25) is 4.79 Å². The van der Waals surface area contributed by atoms with Gasteiger partial charge >= 0.3 is 5.97 Å². The number of hydrogen-bond donors (Lipinski definition) is 1. The van der Waals surface area contributed by atoms with Crippen LogP contribution in [0.1, 0.15) is 25.3 Å². The van der Waals surface area contributed by atoms with Crippen molar-refractivity contribution in [3.8, 4) is 6.07 Å². The molecule has 1 aliphatic rings. The largest absolute Gasteiger partial charge is 0.481 e. The summed E-state index contributed by atoms with van der Waals surface area (Å²) in [4.78, 5) is 13.5. The molecule has 0 saturated carbocycles. The van der Waals surface area contributed by atoms with Crippen LogP contribution in [0.2, 0.25) is 0 Å². The zero-order chi connectivity index (χ0) is 14.0. The van der Waals surface area contributed by atoms with Crippen molar-refractivity contribution in [1.82, 2.24) is 0 Å². The maximum atomic E-state index is 11.5. The Morgan fingerprint density at radius 2 is 2.37 bits per heavy atom. The first-order valence-corrected chi connectivity index (χ1v) is 7.00. The van der Waals surface area contributed by atoms with Crippen LogP contribution in [0.15, 0.2) is 22.7 Å². The van der Waals surface area contributed by atoms with E-state index in [4.69, 9.17) is 0 Å². The number of halogens is 1. The van der Waals surface area contributed by atoms with Crippen LogP contribution in [0.3, 0.4) is 0 Å². The minimum Gasteiger partial charge on any atom is -0.481 e. The van der Waals surface area contributed by atoms with Crippen LogP contribution in [-0.2, 0) is 4.79 Å². The number of carboxylic acids is 1. The van der Waals surface area contributed by atoms with Crippen molar-refractivity contribution in [2.24, 2.45) is 5.41 Å². The first-order valence-electron chi connectivity index (χ1n) is 6.21. The molecular formula is C14H15BrN2O2. The molecule has 0 aliphatic carbocycles. The molecule has 1 aliphatic heterocycles. The van der Waals surface area contributed by atoms with Crippen LogP contribution >= 0.6 is 15.9 Å². The molecule has 5 heteroatoms. The lowest BCUT2D eigenvalue weighted by Gasteiger charge is -2.25. The summed E-state index contributed by atoms with van der Waals surface area (Å²) >= 11 is 3.36. The van der Waals surface area contributed by atoms with Crippen LogP contribution in [0.5, 0.6) is 0 Å². The van der Waals surface area contributed by atoms with Crippen LogP contribution in [-0.4, -0.2) is 24.2 Å². The molecule has 1 unspecified atom stereocenters. The fraction of sp³-hybridized carbons (Fsp3) is 0.429. The average molecular weight is 323 g/mol. The molecule has 2 rings (SSSR count). The molecule has 1 fully saturated rings. The van der Waals surface area contributed by atoms with Crippen molar-refractivity contribution in [3.05, 3.63) is 28.2 Å². The SMILES string of the molecule is CCC1(C(=O)O)CCN(c2cccc(Br)c2C#N)C1. The minimum absolute atomic E-state index is 0.462. The summed E-state index contributed by atoms with van der Waals surface area (Å²) < 4.78 is 0.747. The van der Waals surface area contributed by atoms with Crippen molar-refractivity contribution in [1.29, 1.82) is 5.26 Å². The third-order valence-corrected chi connectivity index (χ3v) is 4.59. The van der Waals surface area contributed by atoms with E-state index in [0.29, 0.717) is 31.5 Å².